The smallest absolute Gasteiger partial charge is 0.230 e. The Bertz CT molecular complexity index is 842. The van der Waals surface area contributed by atoms with Crippen molar-refractivity contribution >= 4 is 22.9 Å². The van der Waals surface area contributed by atoms with Crippen LogP contribution in [0.1, 0.15) is 37.4 Å². The second-order valence-corrected chi connectivity index (χ2v) is 6.99. The van der Waals surface area contributed by atoms with Gasteiger partial charge in [-0.15, -0.1) is 11.3 Å². The van der Waals surface area contributed by atoms with E-state index in [1.54, 1.807) is 11.3 Å². The molecule has 25 heavy (non-hydrogen) atoms. The van der Waals surface area contributed by atoms with E-state index in [1.165, 1.54) is 5.56 Å². The zero-order valence-corrected chi connectivity index (χ0v) is 15.3. The lowest BCUT2D eigenvalue weighted by atomic mass is 9.97. The summed E-state index contributed by atoms with van der Waals surface area (Å²) in [6, 6.07) is 18.1. The predicted octanol–water partition coefficient (Wildman–Crippen LogP) is 5.50. The van der Waals surface area contributed by atoms with Gasteiger partial charge >= 0.3 is 0 Å². The number of para-hydroxylation sites is 1. The molecule has 3 nitrogen and oxygen atoms in total. The Labute approximate surface area is 152 Å². The Morgan fingerprint density at radius 3 is 2.60 bits per heavy atom. The lowest BCUT2D eigenvalue weighted by molar-refractivity contribution is -0.115. The first-order chi connectivity index (χ1) is 12.2. The highest BCUT2D eigenvalue weighted by molar-refractivity contribution is 7.13. The van der Waals surface area contributed by atoms with Crippen molar-refractivity contribution in [3.63, 3.8) is 0 Å². The SMILES string of the molecule is CC[C@@H](C)c1ccccc1NC(=O)Cc1csc(-c2ccccc2)n1. The van der Waals surface area contributed by atoms with Gasteiger partial charge in [-0.1, -0.05) is 62.4 Å². The summed E-state index contributed by atoms with van der Waals surface area (Å²) >= 11 is 1.57. The van der Waals surface area contributed by atoms with E-state index < -0.39 is 0 Å². The average Bonchev–Trinajstić information content (AvgIpc) is 3.10. The molecular weight excluding hydrogens is 328 g/mol. The van der Waals surface area contributed by atoms with E-state index >= 15 is 0 Å². The van der Waals surface area contributed by atoms with Gasteiger partial charge in [-0.2, -0.15) is 0 Å². The summed E-state index contributed by atoms with van der Waals surface area (Å²) < 4.78 is 0. The van der Waals surface area contributed by atoms with Gasteiger partial charge in [0.2, 0.25) is 5.91 Å². The molecule has 3 rings (SSSR count). The molecule has 0 saturated heterocycles. The van der Waals surface area contributed by atoms with Gasteiger partial charge in [0, 0.05) is 16.6 Å². The van der Waals surface area contributed by atoms with E-state index in [0.29, 0.717) is 5.92 Å². The van der Waals surface area contributed by atoms with Gasteiger partial charge in [-0.3, -0.25) is 4.79 Å². The lowest BCUT2D eigenvalue weighted by Crippen LogP contribution is -2.16. The van der Waals surface area contributed by atoms with Crippen molar-refractivity contribution in [2.45, 2.75) is 32.6 Å². The van der Waals surface area contributed by atoms with Crippen LogP contribution < -0.4 is 5.32 Å². The van der Waals surface area contributed by atoms with E-state index in [9.17, 15) is 4.79 Å². The minimum absolute atomic E-state index is 0.0272. The van der Waals surface area contributed by atoms with Gasteiger partial charge < -0.3 is 5.32 Å². The third-order valence-electron chi connectivity index (χ3n) is 4.29. The topological polar surface area (TPSA) is 42.0 Å². The van der Waals surface area contributed by atoms with Crippen molar-refractivity contribution < 1.29 is 4.79 Å². The van der Waals surface area contributed by atoms with Crippen molar-refractivity contribution in [3.8, 4) is 10.6 Å². The highest BCUT2D eigenvalue weighted by Gasteiger charge is 2.13. The molecule has 0 spiro atoms. The molecule has 1 N–H and O–H groups in total. The highest BCUT2D eigenvalue weighted by atomic mass is 32.1. The third-order valence-corrected chi connectivity index (χ3v) is 5.23. The van der Waals surface area contributed by atoms with Gasteiger partial charge in [-0.25, -0.2) is 4.98 Å². The molecule has 2 aromatic carbocycles. The molecule has 1 atom stereocenters. The summed E-state index contributed by atoms with van der Waals surface area (Å²) in [6.07, 6.45) is 1.33. The first kappa shape index (κ1) is 17.4. The van der Waals surface area contributed by atoms with Crippen LogP contribution in [0.5, 0.6) is 0 Å². The van der Waals surface area contributed by atoms with E-state index in [-0.39, 0.29) is 12.3 Å². The van der Waals surface area contributed by atoms with Crippen LogP contribution in [0.2, 0.25) is 0 Å². The number of benzene rings is 2. The van der Waals surface area contributed by atoms with Crippen LogP contribution >= 0.6 is 11.3 Å². The first-order valence-corrected chi connectivity index (χ1v) is 9.44. The molecule has 1 aromatic heterocycles. The van der Waals surface area contributed by atoms with Gasteiger partial charge in [0.1, 0.15) is 5.01 Å². The molecule has 1 heterocycles. The second-order valence-electron chi connectivity index (χ2n) is 6.13. The number of hydrogen-bond donors (Lipinski definition) is 1. The van der Waals surface area contributed by atoms with Crippen LogP contribution in [0, 0.1) is 0 Å². The van der Waals surface area contributed by atoms with Crippen LogP contribution in [0.3, 0.4) is 0 Å². The maximum Gasteiger partial charge on any atom is 0.230 e. The van der Waals surface area contributed by atoms with E-state index in [2.05, 4.69) is 30.2 Å². The summed E-state index contributed by atoms with van der Waals surface area (Å²) in [4.78, 5) is 17.0. The largest absolute Gasteiger partial charge is 0.325 e. The van der Waals surface area contributed by atoms with E-state index in [1.807, 2.05) is 53.9 Å². The second kappa shape index (κ2) is 8.08. The molecule has 0 bridgehead atoms. The highest BCUT2D eigenvalue weighted by Crippen LogP contribution is 2.27. The molecule has 0 unspecified atom stereocenters. The first-order valence-electron chi connectivity index (χ1n) is 8.56. The number of nitrogens with one attached hydrogen (secondary N) is 1. The fourth-order valence-electron chi connectivity index (χ4n) is 2.72. The lowest BCUT2D eigenvalue weighted by Gasteiger charge is -2.15. The molecule has 4 heteroatoms. The Hall–Kier alpha value is -2.46. The third kappa shape index (κ3) is 4.34. The Balaban J connectivity index is 1.69. The number of rotatable bonds is 6. The molecule has 1 amide bonds. The minimum atomic E-state index is -0.0272. The van der Waals surface area contributed by atoms with Crippen molar-refractivity contribution in [3.05, 3.63) is 71.2 Å². The number of carbonyl (C=O) groups excluding carboxylic acids is 1. The van der Waals surface area contributed by atoms with Crippen LogP contribution in [0.15, 0.2) is 60.0 Å². The number of thiazole rings is 1. The maximum atomic E-state index is 12.4. The van der Waals surface area contributed by atoms with E-state index in [4.69, 9.17) is 0 Å². The van der Waals surface area contributed by atoms with Crippen LogP contribution in [-0.4, -0.2) is 10.9 Å². The molecular formula is C21H22N2OS. The van der Waals surface area contributed by atoms with Gasteiger partial charge in [0.25, 0.3) is 0 Å². The van der Waals surface area contributed by atoms with Crippen LogP contribution in [0.4, 0.5) is 5.69 Å². The zero-order valence-electron chi connectivity index (χ0n) is 14.5. The molecule has 0 saturated carbocycles. The molecule has 0 aliphatic rings. The number of hydrogen-bond acceptors (Lipinski definition) is 3. The fraction of sp³-hybridized carbons (Fsp3) is 0.238. The Morgan fingerprint density at radius 2 is 1.84 bits per heavy atom. The molecule has 0 fully saturated rings. The maximum absolute atomic E-state index is 12.4. The summed E-state index contributed by atoms with van der Waals surface area (Å²) in [7, 11) is 0. The summed E-state index contributed by atoms with van der Waals surface area (Å²) in [6.45, 7) is 4.33. The predicted molar refractivity (Wildman–Crippen MR) is 105 cm³/mol. The van der Waals surface area contributed by atoms with Crippen molar-refractivity contribution in [1.82, 2.24) is 4.98 Å². The number of nitrogens with zero attached hydrogens (tertiary/aromatic N) is 1. The monoisotopic (exact) mass is 350 g/mol. The summed E-state index contributed by atoms with van der Waals surface area (Å²) in [5.41, 5.74) is 3.98. The molecule has 0 aliphatic carbocycles. The van der Waals surface area contributed by atoms with Crippen LogP contribution in [0.25, 0.3) is 10.6 Å². The number of amides is 1. The summed E-state index contributed by atoms with van der Waals surface area (Å²) in [5.74, 6) is 0.390. The molecule has 0 aliphatic heterocycles. The fourth-order valence-corrected chi connectivity index (χ4v) is 3.55. The van der Waals surface area contributed by atoms with Crippen molar-refractivity contribution in [2.24, 2.45) is 0 Å². The van der Waals surface area contributed by atoms with Crippen molar-refractivity contribution in [2.75, 3.05) is 5.32 Å². The quantitative estimate of drug-likeness (QED) is 0.637. The molecule has 3 aromatic rings. The molecule has 128 valence electrons. The minimum Gasteiger partial charge on any atom is -0.325 e. The van der Waals surface area contributed by atoms with Gasteiger partial charge in [-0.05, 0) is 24.0 Å². The number of aromatic nitrogens is 1. The van der Waals surface area contributed by atoms with Gasteiger partial charge in [0.15, 0.2) is 0 Å². The average molecular weight is 350 g/mol. The number of carbonyl (C=O) groups is 1. The van der Waals surface area contributed by atoms with Gasteiger partial charge in [0.05, 0.1) is 12.1 Å². The normalized spacial score (nSPS) is 11.9. The van der Waals surface area contributed by atoms with Crippen LogP contribution in [-0.2, 0) is 11.2 Å². The van der Waals surface area contributed by atoms with E-state index in [0.717, 1.165) is 28.4 Å². The summed E-state index contributed by atoms with van der Waals surface area (Å²) in [5, 5.41) is 5.96. The molecule has 0 radical (unpaired) electrons. The van der Waals surface area contributed by atoms with Crippen molar-refractivity contribution in [1.29, 1.82) is 0 Å². The Kier molecular flexibility index (Phi) is 5.61. The number of anilines is 1. The standard InChI is InChI=1S/C21H22N2OS/c1-3-15(2)18-11-7-8-12-19(18)23-20(24)13-17-14-25-21(22-17)16-9-5-4-6-10-16/h4-12,14-15H,3,13H2,1-2H3,(H,23,24)/t15-/m1/s1. The Morgan fingerprint density at radius 1 is 1.12 bits per heavy atom. The zero-order chi connectivity index (χ0) is 17.6.